The van der Waals surface area contributed by atoms with Gasteiger partial charge >= 0.3 is 0 Å². The lowest BCUT2D eigenvalue weighted by Gasteiger charge is -2.30. The maximum absolute atomic E-state index is 15.0. The summed E-state index contributed by atoms with van der Waals surface area (Å²) in [6, 6.07) is 9.17. The standard InChI is InChI=1S/C26H22ClF3N4O3/c1-34-25(24(29)30)33-23-17(26(34)35)12-19(32-22(23)16-4-3-15(27)11-18(16)28)13-6-8-37-20(9-13)14-5-7-31-21(10-14)36-2/h3-5,7,10-13,20,24H,6,8-9H2,1-2H3/t13-,20+/m1/s1. The van der Waals surface area contributed by atoms with Gasteiger partial charge in [0.05, 0.1) is 24.3 Å². The second-order valence-electron chi connectivity index (χ2n) is 8.76. The number of pyridine rings is 2. The number of benzene rings is 1. The normalized spacial score (nSPS) is 17.9. The van der Waals surface area contributed by atoms with Gasteiger partial charge in [-0.1, -0.05) is 11.6 Å². The molecule has 0 saturated carbocycles. The first kappa shape index (κ1) is 25.2. The van der Waals surface area contributed by atoms with Gasteiger partial charge in [-0.25, -0.2) is 23.1 Å². The Morgan fingerprint density at radius 1 is 1.19 bits per heavy atom. The number of fused-ring (bicyclic) bond motifs is 1. The van der Waals surface area contributed by atoms with Crippen molar-refractivity contribution in [2.75, 3.05) is 13.7 Å². The highest BCUT2D eigenvalue weighted by atomic mass is 35.5. The van der Waals surface area contributed by atoms with E-state index in [-0.39, 0.29) is 39.2 Å². The Morgan fingerprint density at radius 2 is 2.00 bits per heavy atom. The lowest BCUT2D eigenvalue weighted by atomic mass is 9.88. The van der Waals surface area contributed by atoms with Crippen molar-refractivity contribution < 1.29 is 22.6 Å². The van der Waals surface area contributed by atoms with Gasteiger partial charge in [-0.15, -0.1) is 0 Å². The third-order valence-corrected chi connectivity index (χ3v) is 6.78. The molecule has 192 valence electrons. The van der Waals surface area contributed by atoms with Crippen LogP contribution in [0.15, 0.2) is 47.4 Å². The fourth-order valence-electron chi connectivity index (χ4n) is 4.62. The van der Waals surface area contributed by atoms with Crippen molar-refractivity contribution in [2.45, 2.75) is 31.3 Å². The molecule has 0 N–H and O–H groups in total. The van der Waals surface area contributed by atoms with E-state index in [4.69, 9.17) is 21.1 Å². The van der Waals surface area contributed by atoms with Gasteiger partial charge in [0.1, 0.15) is 11.3 Å². The van der Waals surface area contributed by atoms with Crippen LogP contribution in [0.5, 0.6) is 5.88 Å². The molecule has 0 unspecified atom stereocenters. The summed E-state index contributed by atoms with van der Waals surface area (Å²) in [4.78, 5) is 26.0. The number of halogens is 4. The van der Waals surface area contributed by atoms with Crippen LogP contribution in [0.25, 0.3) is 22.2 Å². The number of rotatable bonds is 5. The largest absolute Gasteiger partial charge is 0.481 e. The molecule has 7 nitrogen and oxygen atoms in total. The third-order valence-electron chi connectivity index (χ3n) is 6.54. The molecule has 4 aromatic rings. The van der Waals surface area contributed by atoms with Gasteiger partial charge in [-0.2, -0.15) is 0 Å². The molecule has 1 aliphatic heterocycles. The van der Waals surface area contributed by atoms with E-state index in [9.17, 15) is 13.6 Å². The number of nitrogens with zero attached hydrogens (tertiary/aromatic N) is 4. The van der Waals surface area contributed by atoms with Crippen LogP contribution in [-0.4, -0.2) is 33.2 Å². The second kappa shape index (κ2) is 10.1. The molecule has 2 atom stereocenters. The monoisotopic (exact) mass is 530 g/mol. The van der Waals surface area contributed by atoms with Crippen LogP contribution in [0, 0.1) is 5.82 Å². The zero-order valence-electron chi connectivity index (χ0n) is 19.9. The first-order valence-corrected chi connectivity index (χ1v) is 11.9. The van der Waals surface area contributed by atoms with E-state index in [0.717, 1.165) is 16.2 Å². The highest BCUT2D eigenvalue weighted by Crippen LogP contribution is 2.39. The van der Waals surface area contributed by atoms with Crippen LogP contribution in [-0.2, 0) is 11.8 Å². The van der Waals surface area contributed by atoms with Crippen LogP contribution < -0.4 is 10.3 Å². The third kappa shape index (κ3) is 4.78. The molecular weight excluding hydrogens is 509 g/mol. The van der Waals surface area contributed by atoms with Crippen molar-refractivity contribution in [3.05, 3.63) is 80.9 Å². The number of hydrogen-bond donors (Lipinski definition) is 0. The van der Waals surface area contributed by atoms with Crippen LogP contribution in [0.2, 0.25) is 5.02 Å². The minimum absolute atomic E-state index is 0.00916. The number of hydrogen-bond acceptors (Lipinski definition) is 6. The lowest BCUT2D eigenvalue weighted by molar-refractivity contribution is 0.00451. The zero-order valence-corrected chi connectivity index (χ0v) is 20.7. The average molecular weight is 531 g/mol. The molecule has 0 spiro atoms. The van der Waals surface area contributed by atoms with E-state index >= 15 is 4.39 Å². The number of ether oxygens (including phenoxy) is 2. The van der Waals surface area contributed by atoms with E-state index < -0.39 is 23.6 Å². The van der Waals surface area contributed by atoms with Crippen molar-refractivity contribution in [1.29, 1.82) is 0 Å². The Labute approximate surface area is 214 Å². The molecule has 1 fully saturated rings. The maximum atomic E-state index is 15.0. The molecular formula is C26H22ClF3N4O3. The lowest BCUT2D eigenvalue weighted by Crippen LogP contribution is -2.24. The van der Waals surface area contributed by atoms with Crippen molar-refractivity contribution in [1.82, 2.24) is 19.5 Å². The van der Waals surface area contributed by atoms with E-state index in [1.807, 2.05) is 6.07 Å². The predicted octanol–water partition coefficient (Wildman–Crippen LogP) is 5.76. The second-order valence-corrected chi connectivity index (χ2v) is 9.20. The summed E-state index contributed by atoms with van der Waals surface area (Å²) in [6.07, 6.45) is -0.531. The summed E-state index contributed by atoms with van der Waals surface area (Å²) in [5, 5.41) is 0.244. The minimum atomic E-state index is -3.00. The van der Waals surface area contributed by atoms with Crippen molar-refractivity contribution in [2.24, 2.45) is 7.05 Å². The Bertz CT molecular complexity index is 1550. The summed E-state index contributed by atoms with van der Waals surface area (Å²) in [5.74, 6) is -1.12. The summed E-state index contributed by atoms with van der Waals surface area (Å²) in [6.45, 7) is 0.422. The predicted molar refractivity (Wildman–Crippen MR) is 132 cm³/mol. The quantitative estimate of drug-likeness (QED) is 0.326. The maximum Gasteiger partial charge on any atom is 0.295 e. The fraction of sp³-hybridized carbons (Fsp3) is 0.308. The smallest absolute Gasteiger partial charge is 0.295 e. The molecule has 0 amide bonds. The van der Waals surface area contributed by atoms with Gasteiger partial charge in [0.25, 0.3) is 12.0 Å². The number of methoxy groups -OCH3 is 1. The summed E-state index contributed by atoms with van der Waals surface area (Å²) >= 11 is 5.93. The topological polar surface area (TPSA) is 79.1 Å². The molecule has 1 aliphatic rings. The molecule has 37 heavy (non-hydrogen) atoms. The Balaban J connectivity index is 1.67. The summed E-state index contributed by atoms with van der Waals surface area (Å²) in [7, 11) is 2.77. The Kier molecular flexibility index (Phi) is 6.87. The van der Waals surface area contributed by atoms with Crippen LogP contribution >= 0.6 is 11.6 Å². The number of alkyl halides is 2. The van der Waals surface area contributed by atoms with Gasteiger partial charge in [0.2, 0.25) is 5.88 Å². The number of aromatic nitrogens is 4. The summed E-state index contributed by atoms with van der Waals surface area (Å²) in [5.41, 5.74) is 0.665. The van der Waals surface area contributed by atoms with Crippen LogP contribution in [0.4, 0.5) is 13.2 Å². The highest BCUT2D eigenvalue weighted by Gasteiger charge is 2.29. The van der Waals surface area contributed by atoms with E-state index in [1.165, 1.54) is 26.3 Å². The van der Waals surface area contributed by atoms with E-state index in [1.54, 1.807) is 18.3 Å². The van der Waals surface area contributed by atoms with Gasteiger partial charge in [0.15, 0.2) is 5.82 Å². The molecule has 0 aliphatic carbocycles. The SMILES string of the molecule is COc1cc([C@@H]2C[C@H](c3cc4c(=O)n(C)c(C(F)F)nc4c(-c4ccc(Cl)cc4F)n3)CCO2)ccn1. The van der Waals surface area contributed by atoms with Gasteiger partial charge < -0.3 is 9.47 Å². The first-order chi connectivity index (χ1) is 17.8. The van der Waals surface area contributed by atoms with Crippen LogP contribution in [0.3, 0.4) is 0 Å². The zero-order chi connectivity index (χ0) is 26.3. The molecule has 4 heterocycles. The van der Waals surface area contributed by atoms with Gasteiger partial charge in [-0.05, 0) is 48.7 Å². The Hall–Kier alpha value is -3.50. The molecule has 0 radical (unpaired) electrons. The Morgan fingerprint density at radius 3 is 2.73 bits per heavy atom. The van der Waals surface area contributed by atoms with Crippen molar-refractivity contribution in [3.8, 4) is 17.1 Å². The molecule has 1 saturated heterocycles. The van der Waals surface area contributed by atoms with Crippen molar-refractivity contribution >= 4 is 22.5 Å². The molecule has 3 aromatic heterocycles. The van der Waals surface area contributed by atoms with Crippen molar-refractivity contribution in [3.63, 3.8) is 0 Å². The average Bonchev–Trinajstić information content (AvgIpc) is 2.90. The van der Waals surface area contributed by atoms with E-state index in [0.29, 0.717) is 31.0 Å². The highest BCUT2D eigenvalue weighted by molar-refractivity contribution is 6.30. The van der Waals surface area contributed by atoms with Gasteiger partial charge in [-0.3, -0.25) is 14.3 Å². The first-order valence-electron chi connectivity index (χ1n) is 11.5. The minimum Gasteiger partial charge on any atom is -0.481 e. The molecule has 0 bridgehead atoms. The summed E-state index contributed by atoms with van der Waals surface area (Å²) < 4.78 is 54.4. The van der Waals surface area contributed by atoms with E-state index in [2.05, 4.69) is 15.0 Å². The van der Waals surface area contributed by atoms with Gasteiger partial charge in [0, 0.05) is 48.1 Å². The molecule has 1 aromatic carbocycles. The molecule has 11 heteroatoms. The molecule has 5 rings (SSSR count). The van der Waals surface area contributed by atoms with Crippen LogP contribution in [0.1, 0.15) is 48.4 Å². The fourth-order valence-corrected chi connectivity index (χ4v) is 4.78.